The van der Waals surface area contributed by atoms with E-state index in [0.29, 0.717) is 26.3 Å². The molecule has 3 rings (SSSR count). The number of para-hydroxylation sites is 1. The number of rotatable bonds is 8. The van der Waals surface area contributed by atoms with Crippen molar-refractivity contribution in [2.24, 2.45) is 0 Å². The maximum absolute atomic E-state index is 12.5. The molecule has 0 spiro atoms. The first-order valence-electron chi connectivity index (χ1n) is 9.59. The third-order valence-electron chi connectivity index (χ3n) is 4.45. The molecule has 172 valence electrons. The Kier molecular flexibility index (Phi) is 7.87. The van der Waals surface area contributed by atoms with E-state index in [1.54, 1.807) is 24.3 Å². The van der Waals surface area contributed by atoms with Crippen molar-refractivity contribution in [1.82, 2.24) is 10.2 Å². The molecular formula is C22H20IN3O7. The summed E-state index contributed by atoms with van der Waals surface area (Å²) in [5.41, 5.74) is 1.19. The standard InChI is InChI=1S/C22H20IN3O7/c1-31-17-10-13(9-16-21(29)26(22(30)25-16)11-19(28)32-2)8-15(23)20(17)33-12-18(27)24-14-6-4-3-5-7-14/h3-10H,11-12H2,1-2H3,(H,24,27)(H,25,30)/b16-9+. The van der Waals surface area contributed by atoms with Crippen molar-refractivity contribution in [3.8, 4) is 11.5 Å². The molecule has 1 heterocycles. The zero-order valence-corrected chi connectivity index (χ0v) is 19.9. The summed E-state index contributed by atoms with van der Waals surface area (Å²) in [7, 11) is 2.61. The number of nitrogens with one attached hydrogen (secondary N) is 2. The Morgan fingerprint density at radius 1 is 1.15 bits per heavy atom. The summed E-state index contributed by atoms with van der Waals surface area (Å²) in [6.07, 6.45) is 1.45. The molecule has 0 aliphatic carbocycles. The summed E-state index contributed by atoms with van der Waals surface area (Å²) in [4.78, 5) is 48.9. The van der Waals surface area contributed by atoms with Crippen LogP contribution in [0.5, 0.6) is 11.5 Å². The first-order chi connectivity index (χ1) is 15.8. The van der Waals surface area contributed by atoms with Gasteiger partial charge in [0.15, 0.2) is 18.1 Å². The third kappa shape index (κ3) is 6.00. The van der Waals surface area contributed by atoms with Crippen LogP contribution in [0.1, 0.15) is 5.56 Å². The lowest BCUT2D eigenvalue weighted by Gasteiger charge is -2.14. The van der Waals surface area contributed by atoms with E-state index in [1.807, 2.05) is 40.8 Å². The number of nitrogens with zero attached hydrogens (tertiary/aromatic N) is 1. The van der Waals surface area contributed by atoms with Gasteiger partial charge in [0.05, 0.1) is 17.8 Å². The van der Waals surface area contributed by atoms with Crippen LogP contribution in [0.4, 0.5) is 10.5 Å². The number of anilines is 1. The molecule has 0 atom stereocenters. The Morgan fingerprint density at radius 3 is 2.55 bits per heavy atom. The van der Waals surface area contributed by atoms with Gasteiger partial charge in [-0.1, -0.05) is 18.2 Å². The van der Waals surface area contributed by atoms with Crippen LogP contribution in [0.2, 0.25) is 0 Å². The lowest BCUT2D eigenvalue weighted by molar-refractivity contribution is -0.143. The van der Waals surface area contributed by atoms with Crippen LogP contribution in [-0.4, -0.2) is 56.1 Å². The number of esters is 1. The minimum Gasteiger partial charge on any atom is -0.493 e. The monoisotopic (exact) mass is 565 g/mol. The normalized spacial score (nSPS) is 14.2. The van der Waals surface area contributed by atoms with Gasteiger partial charge in [-0.15, -0.1) is 0 Å². The average Bonchev–Trinajstić information content (AvgIpc) is 3.05. The molecule has 1 aliphatic rings. The molecule has 4 amide bonds. The van der Waals surface area contributed by atoms with E-state index >= 15 is 0 Å². The molecule has 0 unspecified atom stereocenters. The summed E-state index contributed by atoms with van der Waals surface area (Å²) in [6, 6.07) is 11.6. The van der Waals surface area contributed by atoms with Crippen LogP contribution in [0.25, 0.3) is 6.08 Å². The number of hydrogen-bond acceptors (Lipinski definition) is 7. The van der Waals surface area contributed by atoms with E-state index in [4.69, 9.17) is 9.47 Å². The van der Waals surface area contributed by atoms with Crippen molar-refractivity contribution in [2.75, 3.05) is 32.7 Å². The number of carbonyl (C=O) groups is 4. The molecule has 1 saturated heterocycles. The van der Waals surface area contributed by atoms with Crippen LogP contribution in [0, 0.1) is 3.57 Å². The van der Waals surface area contributed by atoms with Crippen molar-refractivity contribution in [1.29, 1.82) is 0 Å². The second-order valence-electron chi connectivity index (χ2n) is 6.69. The van der Waals surface area contributed by atoms with Gasteiger partial charge >= 0.3 is 12.0 Å². The highest BCUT2D eigenvalue weighted by Gasteiger charge is 2.35. The number of methoxy groups -OCH3 is 2. The topological polar surface area (TPSA) is 123 Å². The van der Waals surface area contributed by atoms with Gasteiger partial charge in [0.25, 0.3) is 11.8 Å². The van der Waals surface area contributed by atoms with Gasteiger partial charge < -0.3 is 24.8 Å². The van der Waals surface area contributed by atoms with Crippen LogP contribution < -0.4 is 20.1 Å². The van der Waals surface area contributed by atoms with Gasteiger partial charge in [0.2, 0.25) is 0 Å². The molecule has 11 heteroatoms. The Morgan fingerprint density at radius 2 is 1.88 bits per heavy atom. The predicted octanol–water partition coefficient (Wildman–Crippen LogP) is 2.38. The van der Waals surface area contributed by atoms with Crippen LogP contribution in [0.15, 0.2) is 48.2 Å². The molecule has 0 saturated carbocycles. The maximum atomic E-state index is 12.5. The molecule has 0 aromatic heterocycles. The molecular weight excluding hydrogens is 545 g/mol. The lowest BCUT2D eigenvalue weighted by atomic mass is 10.1. The Labute approximate surface area is 203 Å². The molecule has 2 N–H and O–H groups in total. The quantitative estimate of drug-likeness (QED) is 0.218. The molecule has 2 aromatic carbocycles. The number of carbonyl (C=O) groups excluding carboxylic acids is 4. The summed E-state index contributed by atoms with van der Waals surface area (Å²) in [5, 5.41) is 5.16. The van der Waals surface area contributed by atoms with E-state index in [2.05, 4.69) is 15.4 Å². The largest absolute Gasteiger partial charge is 0.493 e. The average molecular weight is 565 g/mol. The SMILES string of the molecule is COC(=O)CN1C(=O)N/C(=C/c2cc(I)c(OCC(=O)Nc3ccccc3)c(OC)c2)C1=O. The molecule has 1 aliphatic heterocycles. The van der Waals surface area contributed by atoms with Crippen molar-refractivity contribution in [3.63, 3.8) is 0 Å². The summed E-state index contributed by atoms with van der Waals surface area (Å²) in [6.45, 7) is -0.726. The van der Waals surface area contributed by atoms with Crippen molar-refractivity contribution < 1.29 is 33.4 Å². The lowest BCUT2D eigenvalue weighted by Crippen LogP contribution is -2.36. The number of halogens is 1. The molecule has 10 nitrogen and oxygen atoms in total. The van der Waals surface area contributed by atoms with Gasteiger partial charge in [-0.25, -0.2) is 9.69 Å². The molecule has 0 bridgehead atoms. The number of ether oxygens (including phenoxy) is 3. The van der Waals surface area contributed by atoms with E-state index in [1.165, 1.54) is 20.3 Å². The minimum atomic E-state index is -0.720. The van der Waals surface area contributed by atoms with Crippen molar-refractivity contribution >= 4 is 58.2 Å². The van der Waals surface area contributed by atoms with Crippen LogP contribution in [0.3, 0.4) is 0 Å². The third-order valence-corrected chi connectivity index (χ3v) is 5.25. The number of urea groups is 1. The summed E-state index contributed by atoms with van der Waals surface area (Å²) >= 11 is 2.02. The number of hydrogen-bond donors (Lipinski definition) is 2. The highest BCUT2D eigenvalue weighted by atomic mass is 127. The van der Waals surface area contributed by atoms with Crippen molar-refractivity contribution in [2.45, 2.75) is 0 Å². The van der Waals surface area contributed by atoms with E-state index in [0.717, 1.165) is 4.90 Å². The van der Waals surface area contributed by atoms with Gasteiger partial charge in [-0.2, -0.15) is 0 Å². The van der Waals surface area contributed by atoms with Gasteiger partial charge in [-0.3, -0.25) is 14.4 Å². The Hall–Kier alpha value is -3.61. The number of amides is 4. The van der Waals surface area contributed by atoms with Gasteiger partial charge in [-0.05, 0) is 58.5 Å². The van der Waals surface area contributed by atoms with E-state index < -0.39 is 24.5 Å². The molecule has 0 radical (unpaired) electrons. The fraction of sp³-hybridized carbons (Fsp3) is 0.182. The Bertz CT molecular complexity index is 1120. The van der Waals surface area contributed by atoms with Crippen LogP contribution >= 0.6 is 22.6 Å². The zero-order chi connectivity index (χ0) is 24.0. The molecule has 1 fully saturated rings. The minimum absolute atomic E-state index is 0.00216. The first kappa shape index (κ1) is 24.0. The summed E-state index contributed by atoms with van der Waals surface area (Å²) in [5.74, 6) is -1.01. The summed E-state index contributed by atoms with van der Waals surface area (Å²) < 4.78 is 16.2. The molecule has 2 aromatic rings. The van der Waals surface area contributed by atoms with Gasteiger partial charge in [0.1, 0.15) is 12.2 Å². The fourth-order valence-corrected chi connectivity index (χ4v) is 3.68. The zero-order valence-electron chi connectivity index (χ0n) is 17.7. The number of benzene rings is 2. The maximum Gasteiger partial charge on any atom is 0.329 e. The van der Waals surface area contributed by atoms with Crippen molar-refractivity contribution in [3.05, 3.63) is 57.3 Å². The highest BCUT2D eigenvalue weighted by Crippen LogP contribution is 2.34. The number of imide groups is 1. The second-order valence-corrected chi connectivity index (χ2v) is 7.85. The molecule has 33 heavy (non-hydrogen) atoms. The smallest absolute Gasteiger partial charge is 0.329 e. The predicted molar refractivity (Wildman–Crippen MR) is 127 cm³/mol. The van der Waals surface area contributed by atoms with E-state index in [9.17, 15) is 19.2 Å². The first-order valence-corrected chi connectivity index (χ1v) is 10.7. The second kappa shape index (κ2) is 10.8. The fourth-order valence-electron chi connectivity index (χ4n) is 2.89. The van der Waals surface area contributed by atoms with Crippen LogP contribution in [-0.2, 0) is 19.1 Å². The Balaban J connectivity index is 1.73. The van der Waals surface area contributed by atoms with E-state index in [-0.39, 0.29) is 18.2 Å². The van der Waals surface area contributed by atoms with Gasteiger partial charge in [0, 0.05) is 5.69 Å². The highest BCUT2D eigenvalue weighted by molar-refractivity contribution is 14.1.